The van der Waals surface area contributed by atoms with Gasteiger partial charge in [-0.3, -0.25) is 0 Å². The van der Waals surface area contributed by atoms with E-state index in [9.17, 15) is 9.59 Å². The van der Waals surface area contributed by atoms with Gasteiger partial charge in [0.2, 0.25) is 0 Å². The number of hydrogen-bond acceptors (Lipinski definition) is 5. The van der Waals surface area contributed by atoms with E-state index in [0.717, 1.165) is 33.8 Å². The summed E-state index contributed by atoms with van der Waals surface area (Å²) in [5, 5.41) is 4.08. The minimum atomic E-state index is -0.614. The first-order valence-electron chi connectivity index (χ1n) is 9.53. The lowest BCUT2D eigenvalue weighted by atomic mass is 10.1. The molecule has 0 unspecified atom stereocenters. The number of esters is 2. The Balaban J connectivity index is 1.95. The average molecular weight is 392 g/mol. The number of aromatic amines is 1. The summed E-state index contributed by atoms with van der Waals surface area (Å²) in [5.41, 5.74) is 4.66. The van der Waals surface area contributed by atoms with E-state index >= 15 is 0 Å². The van der Waals surface area contributed by atoms with Gasteiger partial charge in [-0.1, -0.05) is 30.3 Å². The third-order valence-electron chi connectivity index (χ3n) is 4.36. The van der Waals surface area contributed by atoms with Gasteiger partial charge in [-0.2, -0.15) is 0 Å². The van der Waals surface area contributed by atoms with Crippen molar-refractivity contribution in [3.05, 3.63) is 65.9 Å². The van der Waals surface area contributed by atoms with Gasteiger partial charge in [-0.15, -0.1) is 0 Å². The molecule has 0 aliphatic rings. The molecule has 0 aliphatic heterocycles. The van der Waals surface area contributed by atoms with Crippen molar-refractivity contribution in [2.75, 3.05) is 18.5 Å². The number of anilines is 1. The average Bonchev–Trinajstić information content (AvgIpc) is 3.11. The van der Waals surface area contributed by atoms with E-state index in [0.29, 0.717) is 5.69 Å². The fraction of sp³-hybridized carbons (Fsp3) is 0.217. The molecule has 2 N–H and O–H groups in total. The summed E-state index contributed by atoms with van der Waals surface area (Å²) >= 11 is 0. The van der Waals surface area contributed by atoms with E-state index in [-0.39, 0.29) is 18.9 Å². The minimum absolute atomic E-state index is 0.0302. The van der Waals surface area contributed by atoms with Gasteiger partial charge in [0.1, 0.15) is 5.70 Å². The molecule has 0 saturated carbocycles. The zero-order valence-corrected chi connectivity index (χ0v) is 16.7. The summed E-state index contributed by atoms with van der Waals surface area (Å²) in [6.45, 7) is 5.78. The Bertz CT molecular complexity index is 1050. The van der Waals surface area contributed by atoms with Crippen LogP contribution in [0.1, 0.15) is 19.4 Å². The molecule has 0 saturated heterocycles. The molecule has 6 nitrogen and oxygen atoms in total. The molecule has 0 aliphatic carbocycles. The highest BCUT2D eigenvalue weighted by atomic mass is 16.5. The van der Waals surface area contributed by atoms with Gasteiger partial charge in [-0.25, -0.2) is 9.59 Å². The molecule has 3 aromatic rings. The highest BCUT2D eigenvalue weighted by molar-refractivity contribution is 6.00. The van der Waals surface area contributed by atoms with Gasteiger partial charge in [-0.05, 0) is 50.1 Å². The van der Waals surface area contributed by atoms with Crippen LogP contribution in [0.3, 0.4) is 0 Å². The van der Waals surface area contributed by atoms with Gasteiger partial charge in [0.25, 0.3) is 0 Å². The Hall–Kier alpha value is -3.54. The van der Waals surface area contributed by atoms with Crippen LogP contribution < -0.4 is 5.32 Å². The van der Waals surface area contributed by atoms with Crippen LogP contribution in [0, 0.1) is 6.92 Å². The number of benzene rings is 2. The summed E-state index contributed by atoms with van der Waals surface area (Å²) in [5.74, 6) is -1.22. The maximum Gasteiger partial charge on any atom is 0.355 e. The number of H-pyrrole nitrogens is 1. The topological polar surface area (TPSA) is 80.4 Å². The van der Waals surface area contributed by atoms with Crippen molar-refractivity contribution in [3.63, 3.8) is 0 Å². The lowest BCUT2D eigenvalue weighted by molar-refractivity contribution is -0.140. The summed E-state index contributed by atoms with van der Waals surface area (Å²) in [4.78, 5) is 27.5. The van der Waals surface area contributed by atoms with Crippen molar-refractivity contribution in [2.45, 2.75) is 20.8 Å². The van der Waals surface area contributed by atoms with Crippen molar-refractivity contribution >= 4 is 28.5 Å². The molecule has 0 bridgehead atoms. The Labute approximate surface area is 169 Å². The summed E-state index contributed by atoms with van der Waals surface area (Å²) < 4.78 is 9.98. The van der Waals surface area contributed by atoms with Crippen LogP contribution in [-0.4, -0.2) is 30.1 Å². The molecule has 0 fully saturated rings. The van der Waals surface area contributed by atoms with Crippen LogP contribution in [0.25, 0.3) is 22.2 Å². The van der Waals surface area contributed by atoms with Crippen molar-refractivity contribution < 1.29 is 19.1 Å². The van der Waals surface area contributed by atoms with E-state index < -0.39 is 11.9 Å². The second-order valence-corrected chi connectivity index (χ2v) is 6.46. The van der Waals surface area contributed by atoms with Crippen molar-refractivity contribution in [3.8, 4) is 11.3 Å². The fourth-order valence-corrected chi connectivity index (χ4v) is 3.00. The smallest absolute Gasteiger partial charge is 0.355 e. The molecule has 6 heteroatoms. The van der Waals surface area contributed by atoms with Crippen LogP contribution in [0.4, 0.5) is 5.69 Å². The quantitative estimate of drug-likeness (QED) is 0.455. The molecule has 0 radical (unpaired) electrons. The highest BCUT2D eigenvalue weighted by Crippen LogP contribution is 2.29. The molecule has 0 atom stereocenters. The molecular weight excluding hydrogens is 368 g/mol. The number of ether oxygens (including phenoxy) is 2. The standard InChI is InChI=1S/C23H24N2O4/c1-4-28-22(26)14-21(23(27)29-5-2)24-18-13-20-17(11-15(18)3)12-19(25-20)16-9-7-6-8-10-16/h6-14,24-25H,4-5H2,1-3H3/b21-14+. The van der Waals surface area contributed by atoms with Crippen molar-refractivity contribution in [2.24, 2.45) is 0 Å². The van der Waals surface area contributed by atoms with Crippen molar-refractivity contribution in [1.82, 2.24) is 4.98 Å². The predicted molar refractivity (Wildman–Crippen MR) is 113 cm³/mol. The molecule has 2 aromatic carbocycles. The maximum absolute atomic E-state index is 12.3. The summed E-state index contributed by atoms with van der Waals surface area (Å²) in [7, 11) is 0. The number of nitrogens with one attached hydrogen (secondary N) is 2. The Morgan fingerprint density at radius 2 is 1.76 bits per heavy atom. The number of fused-ring (bicyclic) bond motifs is 1. The van der Waals surface area contributed by atoms with Crippen LogP contribution >= 0.6 is 0 Å². The first-order chi connectivity index (χ1) is 14.0. The first-order valence-corrected chi connectivity index (χ1v) is 9.53. The molecule has 1 aromatic heterocycles. The third kappa shape index (κ3) is 4.85. The second-order valence-electron chi connectivity index (χ2n) is 6.46. The third-order valence-corrected chi connectivity index (χ3v) is 4.36. The molecule has 29 heavy (non-hydrogen) atoms. The normalized spacial score (nSPS) is 11.3. The second kappa shape index (κ2) is 9.10. The molecule has 0 amide bonds. The SMILES string of the molecule is CCOC(=O)/C=C(/Nc1cc2[nH]c(-c3ccccc3)cc2cc1C)C(=O)OCC. The Morgan fingerprint density at radius 1 is 1.03 bits per heavy atom. The predicted octanol–water partition coefficient (Wildman–Crippen LogP) is 4.57. The zero-order valence-electron chi connectivity index (χ0n) is 16.7. The van der Waals surface area contributed by atoms with E-state index in [4.69, 9.17) is 9.47 Å². The lowest BCUT2D eigenvalue weighted by Crippen LogP contribution is -2.17. The van der Waals surface area contributed by atoms with E-state index in [2.05, 4.69) is 16.4 Å². The van der Waals surface area contributed by atoms with Gasteiger partial charge < -0.3 is 19.8 Å². The van der Waals surface area contributed by atoms with Gasteiger partial charge >= 0.3 is 11.9 Å². The minimum Gasteiger partial charge on any atom is -0.463 e. The van der Waals surface area contributed by atoms with E-state index in [1.54, 1.807) is 13.8 Å². The van der Waals surface area contributed by atoms with Crippen molar-refractivity contribution in [1.29, 1.82) is 0 Å². The molecule has 3 rings (SSSR count). The summed E-state index contributed by atoms with van der Waals surface area (Å²) in [6, 6.07) is 16.1. The number of hydrogen-bond donors (Lipinski definition) is 2. The van der Waals surface area contributed by atoms with Crippen LogP contribution in [0.5, 0.6) is 0 Å². The highest BCUT2D eigenvalue weighted by Gasteiger charge is 2.16. The van der Waals surface area contributed by atoms with Gasteiger partial charge in [0, 0.05) is 22.3 Å². The van der Waals surface area contributed by atoms with Crippen LogP contribution in [-0.2, 0) is 19.1 Å². The van der Waals surface area contributed by atoms with E-state index in [1.165, 1.54) is 0 Å². The van der Waals surface area contributed by atoms with Crippen LogP contribution in [0.15, 0.2) is 60.3 Å². The Morgan fingerprint density at radius 3 is 2.45 bits per heavy atom. The number of rotatable bonds is 7. The number of carbonyl (C=O) groups is 2. The molecular formula is C23H24N2O4. The summed E-state index contributed by atoms with van der Waals surface area (Å²) in [6.07, 6.45) is 1.12. The van der Waals surface area contributed by atoms with Gasteiger partial charge in [0.05, 0.1) is 19.3 Å². The lowest BCUT2D eigenvalue weighted by Gasteiger charge is -2.12. The zero-order chi connectivity index (χ0) is 20.8. The monoisotopic (exact) mass is 392 g/mol. The molecule has 1 heterocycles. The largest absolute Gasteiger partial charge is 0.463 e. The number of aromatic nitrogens is 1. The van der Waals surface area contributed by atoms with E-state index in [1.807, 2.05) is 49.4 Å². The molecule has 150 valence electrons. The number of aryl methyl sites for hydroxylation is 1. The number of carbonyl (C=O) groups excluding carboxylic acids is 2. The molecule has 0 spiro atoms. The fourth-order valence-electron chi connectivity index (χ4n) is 3.00. The van der Waals surface area contributed by atoms with Gasteiger partial charge in [0.15, 0.2) is 0 Å². The maximum atomic E-state index is 12.3. The van der Waals surface area contributed by atoms with Crippen LogP contribution in [0.2, 0.25) is 0 Å². The first kappa shape index (κ1) is 20.2. The Kier molecular flexibility index (Phi) is 6.34.